The molecule has 4 nitrogen and oxygen atoms in total. The van der Waals surface area contributed by atoms with E-state index in [1.807, 2.05) is 13.8 Å². The predicted octanol–water partition coefficient (Wildman–Crippen LogP) is 1.61. The molecule has 0 aromatic carbocycles. The lowest BCUT2D eigenvalue weighted by atomic mass is 10.0. The second kappa shape index (κ2) is 6.08. The number of hydrogen-bond donors (Lipinski definition) is 2. The van der Waals surface area contributed by atoms with E-state index in [-0.39, 0.29) is 23.3 Å². The lowest BCUT2D eigenvalue weighted by Gasteiger charge is -2.38. The predicted molar refractivity (Wildman–Crippen MR) is 79.1 cm³/mol. The molecule has 1 aliphatic rings. The summed E-state index contributed by atoms with van der Waals surface area (Å²) in [6.07, 6.45) is 1.57. The van der Waals surface area contributed by atoms with Crippen LogP contribution in [0.2, 0.25) is 0 Å². The fraction of sp³-hybridized carbons (Fsp3) is 1.00. The molecule has 0 heterocycles. The largest absolute Gasteiger partial charge is 0.391 e. The monoisotopic (exact) mass is 272 g/mol. The Bertz CT molecular complexity index is 286. The molecule has 0 saturated heterocycles. The Hall–Kier alpha value is -0.160. The van der Waals surface area contributed by atoms with E-state index in [0.29, 0.717) is 19.1 Å². The smallest absolute Gasteiger partial charge is 0.0748 e. The van der Waals surface area contributed by atoms with E-state index in [0.717, 1.165) is 12.8 Å². The summed E-state index contributed by atoms with van der Waals surface area (Å²) in [6.45, 7) is 11.8. The highest BCUT2D eigenvalue weighted by Gasteiger charge is 2.39. The number of hydrogen-bond acceptors (Lipinski definition) is 4. The molecule has 4 heteroatoms. The van der Waals surface area contributed by atoms with E-state index < -0.39 is 0 Å². The average Bonchev–Trinajstić information content (AvgIpc) is 2.66. The van der Waals surface area contributed by atoms with Crippen LogP contribution in [0, 0.1) is 5.92 Å². The van der Waals surface area contributed by atoms with Gasteiger partial charge in [-0.3, -0.25) is 4.90 Å². The lowest BCUT2D eigenvalue weighted by Crippen LogP contribution is -2.48. The van der Waals surface area contributed by atoms with Crippen LogP contribution in [-0.2, 0) is 4.74 Å². The van der Waals surface area contributed by atoms with Crippen molar-refractivity contribution < 1.29 is 9.84 Å². The van der Waals surface area contributed by atoms with Gasteiger partial charge in [0, 0.05) is 18.1 Å². The highest BCUT2D eigenvalue weighted by molar-refractivity contribution is 4.93. The maximum Gasteiger partial charge on any atom is 0.0748 e. The first kappa shape index (κ1) is 16.9. The summed E-state index contributed by atoms with van der Waals surface area (Å²) < 4.78 is 5.87. The molecule has 3 N–H and O–H groups in total. The summed E-state index contributed by atoms with van der Waals surface area (Å²) in [4.78, 5) is 2.28. The number of aliphatic hydroxyl groups excluding tert-OH is 1. The van der Waals surface area contributed by atoms with Gasteiger partial charge in [0.15, 0.2) is 0 Å². The van der Waals surface area contributed by atoms with E-state index in [4.69, 9.17) is 10.5 Å². The molecule has 0 aliphatic heterocycles. The highest BCUT2D eigenvalue weighted by atomic mass is 16.5. The zero-order valence-corrected chi connectivity index (χ0v) is 13.4. The van der Waals surface area contributed by atoms with Crippen LogP contribution in [0.4, 0.5) is 0 Å². The maximum atomic E-state index is 10.3. The minimum atomic E-state index is -0.265. The number of rotatable bonds is 5. The van der Waals surface area contributed by atoms with Crippen LogP contribution in [0.25, 0.3) is 0 Å². The first-order chi connectivity index (χ1) is 8.57. The molecule has 1 rings (SSSR count). The molecular weight excluding hydrogens is 240 g/mol. The zero-order chi connectivity index (χ0) is 14.8. The van der Waals surface area contributed by atoms with Gasteiger partial charge in [-0.05, 0) is 60.4 Å². The molecule has 0 bridgehead atoms. The first-order valence-corrected chi connectivity index (χ1v) is 7.32. The quantitative estimate of drug-likeness (QED) is 0.798. The summed E-state index contributed by atoms with van der Waals surface area (Å²) in [5.41, 5.74) is 5.48. The van der Waals surface area contributed by atoms with Crippen LogP contribution in [-0.4, -0.2) is 53.5 Å². The van der Waals surface area contributed by atoms with Crippen molar-refractivity contribution in [3.63, 3.8) is 0 Å². The Morgan fingerprint density at radius 2 is 1.79 bits per heavy atom. The molecule has 3 atom stereocenters. The molecule has 114 valence electrons. The van der Waals surface area contributed by atoms with Crippen molar-refractivity contribution in [3.8, 4) is 0 Å². The molecule has 0 aromatic rings. The van der Waals surface area contributed by atoms with Crippen LogP contribution < -0.4 is 5.73 Å². The van der Waals surface area contributed by atoms with Crippen LogP contribution in [0.3, 0.4) is 0 Å². The van der Waals surface area contributed by atoms with Crippen molar-refractivity contribution in [1.29, 1.82) is 0 Å². The molecule has 1 saturated carbocycles. The van der Waals surface area contributed by atoms with Crippen molar-refractivity contribution in [2.75, 3.05) is 20.2 Å². The third kappa shape index (κ3) is 4.71. The minimum Gasteiger partial charge on any atom is -0.391 e. The number of nitrogens with two attached hydrogens (primary N) is 1. The van der Waals surface area contributed by atoms with Gasteiger partial charge in [0.25, 0.3) is 0 Å². The number of likely N-dealkylation sites (N-methyl/N-ethyl adjacent to an activating group) is 1. The molecule has 19 heavy (non-hydrogen) atoms. The number of ether oxygens (including phenoxy) is 1. The molecule has 0 amide bonds. The molecule has 0 aromatic heterocycles. The third-order valence-corrected chi connectivity index (χ3v) is 4.35. The second-order valence-corrected chi connectivity index (χ2v) is 7.53. The van der Waals surface area contributed by atoms with Gasteiger partial charge in [-0.1, -0.05) is 0 Å². The highest BCUT2D eigenvalue weighted by Crippen LogP contribution is 2.33. The zero-order valence-electron chi connectivity index (χ0n) is 13.4. The van der Waals surface area contributed by atoms with Gasteiger partial charge in [-0.25, -0.2) is 0 Å². The molecular formula is C15H32N2O2. The van der Waals surface area contributed by atoms with Crippen LogP contribution >= 0.6 is 0 Å². The number of aliphatic hydroxyl groups is 1. The number of nitrogens with zero attached hydrogens (tertiary/aromatic N) is 1. The summed E-state index contributed by atoms with van der Waals surface area (Å²) in [5.74, 6) is 0.427. The van der Waals surface area contributed by atoms with Crippen LogP contribution in [0.5, 0.6) is 0 Å². The minimum absolute atomic E-state index is 0.0813. The van der Waals surface area contributed by atoms with E-state index in [1.54, 1.807) is 0 Å². The Labute approximate surface area is 118 Å². The molecule has 1 fully saturated rings. The van der Waals surface area contributed by atoms with Gasteiger partial charge >= 0.3 is 0 Å². The van der Waals surface area contributed by atoms with Gasteiger partial charge in [0.1, 0.15) is 0 Å². The standard InChI is InChI=1S/C15H32N2O2/c1-14(2,3)17(6)12-7-11(8-13(12)18)9-19-15(4,5)10-16/h11-13,18H,7-10,16H2,1-6H3. The average molecular weight is 272 g/mol. The van der Waals surface area contributed by atoms with E-state index in [1.165, 1.54) is 0 Å². The van der Waals surface area contributed by atoms with Crippen LogP contribution in [0.15, 0.2) is 0 Å². The van der Waals surface area contributed by atoms with Crippen molar-refractivity contribution >= 4 is 0 Å². The summed E-state index contributed by atoms with van der Waals surface area (Å²) in [6, 6.07) is 0.231. The van der Waals surface area contributed by atoms with Gasteiger partial charge < -0.3 is 15.6 Å². The van der Waals surface area contributed by atoms with E-state index in [2.05, 4.69) is 32.7 Å². The Morgan fingerprint density at radius 3 is 2.26 bits per heavy atom. The lowest BCUT2D eigenvalue weighted by molar-refractivity contribution is -0.0297. The fourth-order valence-corrected chi connectivity index (χ4v) is 2.55. The van der Waals surface area contributed by atoms with E-state index >= 15 is 0 Å². The summed E-state index contributed by atoms with van der Waals surface area (Å²) in [7, 11) is 2.10. The summed E-state index contributed by atoms with van der Waals surface area (Å²) in [5, 5.41) is 10.3. The Morgan fingerprint density at radius 1 is 1.21 bits per heavy atom. The Balaban J connectivity index is 2.51. The first-order valence-electron chi connectivity index (χ1n) is 7.32. The molecule has 1 aliphatic carbocycles. The SMILES string of the molecule is CN(C1CC(COC(C)(C)CN)CC1O)C(C)(C)C. The Kier molecular flexibility index (Phi) is 5.41. The van der Waals surface area contributed by atoms with Gasteiger partial charge in [0.05, 0.1) is 18.3 Å². The molecule has 0 spiro atoms. The normalized spacial score (nSPS) is 29.2. The molecule has 0 radical (unpaired) electrons. The topological polar surface area (TPSA) is 58.7 Å². The van der Waals surface area contributed by atoms with Gasteiger partial charge in [-0.2, -0.15) is 0 Å². The van der Waals surface area contributed by atoms with E-state index in [9.17, 15) is 5.11 Å². The van der Waals surface area contributed by atoms with Gasteiger partial charge in [0.2, 0.25) is 0 Å². The van der Waals surface area contributed by atoms with Crippen molar-refractivity contribution in [3.05, 3.63) is 0 Å². The van der Waals surface area contributed by atoms with Crippen molar-refractivity contribution in [1.82, 2.24) is 4.90 Å². The maximum absolute atomic E-state index is 10.3. The second-order valence-electron chi connectivity index (χ2n) is 7.53. The van der Waals surface area contributed by atoms with Crippen molar-refractivity contribution in [2.45, 2.75) is 70.7 Å². The fourth-order valence-electron chi connectivity index (χ4n) is 2.55. The third-order valence-electron chi connectivity index (χ3n) is 4.35. The summed E-state index contributed by atoms with van der Waals surface area (Å²) >= 11 is 0. The van der Waals surface area contributed by atoms with Crippen molar-refractivity contribution in [2.24, 2.45) is 11.7 Å². The molecule has 3 unspecified atom stereocenters. The van der Waals surface area contributed by atoms with Gasteiger partial charge in [-0.15, -0.1) is 0 Å². The van der Waals surface area contributed by atoms with Crippen LogP contribution in [0.1, 0.15) is 47.5 Å².